The van der Waals surface area contributed by atoms with Gasteiger partial charge in [-0.2, -0.15) is 0 Å². The Bertz CT molecular complexity index is 678. The number of imidazole rings is 1. The Morgan fingerprint density at radius 3 is 2.76 bits per heavy atom. The van der Waals surface area contributed by atoms with Crippen LogP contribution in [0, 0.1) is 0 Å². The van der Waals surface area contributed by atoms with Crippen LogP contribution in [-0.2, 0) is 6.54 Å². The van der Waals surface area contributed by atoms with Crippen LogP contribution < -0.4 is 5.32 Å². The molecule has 1 unspecified atom stereocenters. The van der Waals surface area contributed by atoms with Crippen molar-refractivity contribution in [3.8, 4) is 0 Å². The number of rotatable bonds is 5. The highest BCUT2D eigenvalue weighted by molar-refractivity contribution is 5.91. The molecule has 0 bridgehead atoms. The normalized spacial score (nSPS) is 12.0. The Morgan fingerprint density at radius 2 is 2.10 bits per heavy atom. The molecule has 0 saturated carbocycles. The summed E-state index contributed by atoms with van der Waals surface area (Å²) in [5, 5.41) is 6.50. The molecule has 0 aliphatic rings. The Labute approximate surface area is 121 Å². The first-order chi connectivity index (χ1) is 10.3. The predicted molar refractivity (Wildman–Crippen MR) is 75.4 cm³/mol. The molecule has 1 N–H and O–H groups in total. The van der Waals surface area contributed by atoms with E-state index in [9.17, 15) is 4.79 Å². The highest BCUT2D eigenvalue weighted by atomic mass is 16.5. The van der Waals surface area contributed by atoms with Crippen LogP contribution in [0.15, 0.2) is 65.8 Å². The van der Waals surface area contributed by atoms with E-state index in [4.69, 9.17) is 4.52 Å². The fourth-order valence-electron chi connectivity index (χ4n) is 2.09. The summed E-state index contributed by atoms with van der Waals surface area (Å²) in [6, 6.07) is 11.1. The van der Waals surface area contributed by atoms with Crippen molar-refractivity contribution < 1.29 is 9.32 Å². The van der Waals surface area contributed by atoms with Gasteiger partial charge in [0.1, 0.15) is 0 Å². The maximum atomic E-state index is 12.1. The van der Waals surface area contributed by atoms with Gasteiger partial charge < -0.3 is 14.4 Å². The maximum absolute atomic E-state index is 12.1. The monoisotopic (exact) mass is 282 g/mol. The summed E-state index contributed by atoms with van der Waals surface area (Å²) in [5.41, 5.74) is 1.01. The van der Waals surface area contributed by atoms with Crippen LogP contribution in [0.2, 0.25) is 0 Å². The molecule has 0 saturated heterocycles. The van der Waals surface area contributed by atoms with Crippen molar-refractivity contribution in [3.05, 3.63) is 72.6 Å². The second-order valence-corrected chi connectivity index (χ2v) is 4.57. The van der Waals surface area contributed by atoms with Gasteiger partial charge in [-0.25, -0.2) is 4.98 Å². The first-order valence-electron chi connectivity index (χ1n) is 6.55. The lowest BCUT2D eigenvalue weighted by Crippen LogP contribution is -2.31. The predicted octanol–water partition coefficient (Wildman–Crippen LogP) is 2.04. The minimum Gasteiger partial charge on any atom is -0.351 e. The van der Waals surface area contributed by atoms with E-state index in [1.54, 1.807) is 12.5 Å². The van der Waals surface area contributed by atoms with Gasteiger partial charge in [0.05, 0.1) is 18.6 Å². The van der Waals surface area contributed by atoms with Gasteiger partial charge in [0.2, 0.25) is 5.76 Å². The molecule has 0 aliphatic carbocycles. The number of nitrogens with zero attached hydrogens (tertiary/aromatic N) is 3. The van der Waals surface area contributed by atoms with Crippen molar-refractivity contribution in [1.29, 1.82) is 0 Å². The van der Waals surface area contributed by atoms with Crippen LogP contribution in [0.1, 0.15) is 22.2 Å². The molecular formula is C15H14N4O2. The quantitative estimate of drug-likeness (QED) is 0.777. The van der Waals surface area contributed by atoms with Crippen LogP contribution in [0.4, 0.5) is 0 Å². The third-order valence-electron chi connectivity index (χ3n) is 3.12. The molecule has 0 aliphatic heterocycles. The third-order valence-corrected chi connectivity index (χ3v) is 3.12. The molecular weight excluding hydrogens is 268 g/mol. The molecule has 106 valence electrons. The van der Waals surface area contributed by atoms with E-state index in [0.717, 1.165) is 5.56 Å². The third kappa shape index (κ3) is 3.17. The zero-order chi connectivity index (χ0) is 14.5. The van der Waals surface area contributed by atoms with Crippen molar-refractivity contribution >= 4 is 5.91 Å². The van der Waals surface area contributed by atoms with E-state index in [0.29, 0.717) is 6.54 Å². The molecule has 2 heterocycles. The van der Waals surface area contributed by atoms with E-state index >= 15 is 0 Å². The van der Waals surface area contributed by atoms with Crippen LogP contribution in [0.25, 0.3) is 0 Å². The minimum absolute atomic E-state index is 0.182. The van der Waals surface area contributed by atoms with Gasteiger partial charge in [0.15, 0.2) is 0 Å². The lowest BCUT2D eigenvalue weighted by atomic mass is 10.1. The number of hydrogen-bond donors (Lipinski definition) is 1. The van der Waals surface area contributed by atoms with E-state index < -0.39 is 0 Å². The van der Waals surface area contributed by atoms with Crippen LogP contribution in [0.3, 0.4) is 0 Å². The molecule has 6 nitrogen and oxygen atoms in total. The zero-order valence-electron chi connectivity index (χ0n) is 11.2. The van der Waals surface area contributed by atoms with Crippen molar-refractivity contribution in [2.24, 2.45) is 0 Å². The number of amides is 1. The molecule has 6 heteroatoms. The van der Waals surface area contributed by atoms with Gasteiger partial charge in [-0.15, -0.1) is 0 Å². The highest BCUT2D eigenvalue weighted by Gasteiger charge is 2.18. The van der Waals surface area contributed by atoms with Crippen molar-refractivity contribution in [2.75, 3.05) is 0 Å². The lowest BCUT2D eigenvalue weighted by Gasteiger charge is -2.19. The van der Waals surface area contributed by atoms with Crippen LogP contribution in [-0.4, -0.2) is 20.6 Å². The Morgan fingerprint density at radius 1 is 1.24 bits per heavy atom. The van der Waals surface area contributed by atoms with Crippen molar-refractivity contribution in [3.63, 3.8) is 0 Å². The number of carbonyl (C=O) groups is 1. The molecule has 2 aromatic heterocycles. The molecule has 0 radical (unpaired) electrons. The van der Waals surface area contributed by atoms with Gasteiger partial charge in [-0.1, -0.05) is 35.5 Å². The number of carbonyl (C=O) groups excluding carboxylic acids is 1. The minimum atomic E-state index is -0.290. The molecule has 1 amide bonds. The fraction of sp³-hybridized carbons (Fsp3) is 0.133. The summed E-state index contributed by atoms with van der Waals surface area (Å²) in [7, 11) is 0. The molecule has 3 aromatic rings. The first kappa shape index (κ1) is 13.1. The average molecular weight is 282 g/mol. The molecule has 1 aromatic carbocycles. The van der Waals surface area contributed by atoms with E-state index in [2.05, 4.69) is 15.5 Å². The van der Waals surface area contributed by atoms with Gasteiger partial charge in [0, 0.05) is 25.0 Å². The Balaban J connectivity index is 1.80. The SMILES string of the molecule is O=C(NC(Cn1ccnc1)c1ccccc1)c1ccno1. The molecule has 1 atom stereocenters. The topological polar surface area (TPSA) is 73.0 Å². The van der Waals surface area contributed by atoms with Gasteiger partial charge in [0.25, 0.3) is 5.91 Å². The Kier molecular flexibility index (Phi) is 3.77. The maximum Gasteiger partial charge on any atom is 0.290 e. The number of hydrogen-bond acceptors (Lipinski definition) is 4. The summed E-state index contributed by atoms with van der Waals surface area (Å²) >= 11 is 0. The first-order valence-corrected chi connectivity index (χ1v) is 6.55. The summed E-state index contributed by atoms with van der Waals surface area (Å²) < 4.78 is 6.80. The summed E-state index contributed by atoms with van der Waals surface area (Å²) in [4.78, 5) is 16.2. The molecule has 0 fully saturated rings. The van der Waals surface area contributed by atoms with E-state index in [-0.39, 0.29) is 17.7 Å². The highest BCUT2D eigenvalue weighted by Crippen LogP contribution is 2.16. The number of benzene rings is 1. The van der Waals surface area contributed by atoms with Crippen molar-refractivity contribution in [1.82, 2.24) is 20.0 Å². The second kappa shape index (κ2) is 6.04. The second-order valence-electron chi connectivity index (χ2n) is 4.57. The van der Waals surface area contributed by atoms with Gasteiger partial charge >= 0.3 is 0 Å². The molecule has 0 spiro atoms. The lowest BCUT2D eigenvalue weighted by molar-refractivity contribution is 0.0895. The Hall–Kier alpha value is -2.89. The average Bonchev–Trinajstić information content (AvgIpc) is 3.21. The van der Waals surface area contributed by atoms with E-state index in [1.165, 1.54) is 12.3 Å². The summed E-state index contributed by atoms with van der Waals surface area (Å²) in [6.07, 6.45) is 6.73. The van der Waals surface area contributed by atoms with E-state index in [1.807, 2.05) is 41.1 Å². The zero-order valence-corrected chi connectivity index (χ0v) is 11.2. The van der Waals surface area contributed by atoms with Crippen LogP contribution in [0.5, 0.6) is 0 Å². The summed E-state index contributed by atoms with van der Waals surface area (Å²) in [6.45, 7) is 0.587. The number of nitrogens with one attached hydrogen (secondary N) is 1. The smallest absolute Gasteiger partial charge is 0.290 e. The van der Waals surface area contributed by atoms with Crippen molar-refractivity contribution in [2.45, 2.75) is 12.6 Å². The van der Waals surface area contributed by atoms with Gasteiger partial charge in [-0.05, 0) is 5.56 Å². The standard InChI is InChI=1S/C15H14N4O2/c20-15(14-6-7-17-21-14)18-13(10-19-9-8-16-11-19)12-4-2-1-3-5-12/h1-9,11,13H,10H2,(H,18,20). The van der Waals surface area contributed by atoms with Crippen LogP contribution >= 0.6 is 0 Å². The fourth-order valence-corrected chi connectivity index (χ4v) is 2.09. The summed E-state index contributed by atoms with van der Waals surface area (Å²) in [5.74, 6) is -0.0944. The molecule has 21 heavy (non-hydrogen) atoms. The molecule has 3 rings (SSSR count). The number of aromatic nitrogens is 3. The van der Waals surface area contributed by atoms with Gasteiger partial charge in [-0.3, -0.25) is 4.79 Å². The largest absolute Gasteiger partial charge is 0.351 e.